The van der Waals surface area contributed by atoms with Gasteiger partial charge in [-0.1, -0.05) is 24.3 Å². The molecular weight excluding hydrogens is 429 g/mol. The third-order valence-electron chi connectivity index (χ3n) is 6.83. The van der Waals surface area contributed by atoms with Crippen molar-refractivity contribution in [2.24, 2.45) is 0 Å². The SMILES string of the molecule is C[C@@H](Nc1nnc(C2=CCCC2)c2cc(=O)n(C3(C)CC3)cc12)c1cccc(C(F)F)c1F. The fourth-order valence-corrected chi connectivity index (χ4v) is 4.55. The van der Waals surface area contributed by atoms with E-state index in [9.17, 15) is 18.0 Å². The molecule has 1 aromatic carbocycles. The summed E-state index contributed by atoms with van der Waals surface area (Å²) >= 11 is 0. The number of fused-ring (bicyclic) bond motifs is 1. The van der Waals surface area contributed by atoms with Crippen molar-refractivity contribution >= 4 is 22.2 Å². The number of allylic oxidation sites excluding steroid dienone is 2. The Hall–Kier alpha value is -3.16. The van der Waals surface area contributed by atoms with E-state index in [0.29, 0.717) is 22.3 Å². The first-order valence-corrected chi connectivity index (χ1v) is 11.2. The van der Waals surface area contributed by atoms with E-state index in [2.05, 4.69) is 21.6 Å². The number of nitrogens with one attached hydrogen (secondary N) is 1. The van der Waals surface area contributed by atoms with E-state index >= 15 is 0 Å². The first-order valence-electron chi connectivity index (χ1n) is 11.2. The second-order valence-electron chi connectivity index (χ2n) is 9.24. The summed E-state index contributed by atoms with van der Waals surface area (Å²) in [7, 11) is 0. The molecule has 8 heteroatoms. The number of aromatic nitrogens is 3. The maximum Gasteiger partial charge on any atom is 0.266 e. The third-order valence-corrected chi connectivity index (χ3v) is 6.83. The molecule has 0 unspecified atom stereocenters. The van der Waals surface area contributed by atoms with Gasteiger partial charge in [0.05, 0.1) is 17.3 Å². The van der Waals surface area contributed by atoms with Gasteiger partial charge >= 0.3 is 0 Å². The Labute approximate surface area is 189 Å². The average Bonchev–Trinajstić information content (AvgIpc) is 3.29. The van der Waals surface area contributed by atoms with Crippen LogP contribution in [0.15, 0.2) is 41.3 Å². The first kappa shape index (κ1) is 21.7. The average molecular weight is 454 g/mol. The number of nitrogens with zero attached hydrogens (tertiary/aromatic N) is 3. The highest BCUT2D eigenvalue weighted by Gasteiger charge is 2.40. The lowest BCUT2D eigenvalue weighted by Crippen LogP contribution is -2.27. The Morgan fingerprint density at radius 3 is 2.58 bits per heavy atom. The van der Waals surface area contributed by atoms with Crippen LogP contribution in [0.25, 0.3) is 16.3 Å². The van der Waals surface area contributed by atoms with Crippen molar-refractivity contribution in [3.63, 3.8) is 0 Å². The third kappa shape index (κ3) is 3.81. The molecule has 0 amide bonds. The summed E-state index contributed by atoms with van der Waals surface area (Å²) in [5.41, 5.74) is 0.935. The van der Waals surface area contributed by atoms with Gasteiger partial charge in [-0.05, 0) is 51.5 Å². The Kier molecular flexibility index (Phi) is 5.26. The van der Waals surface area contributed by atoms with Crippen LogP contribution in [0.4, 0.5) is 19.0 Å². The molecule has 0 bridgehead atoms. The van der Waals surface area contributed by atoms with Crippen LogP contribution in [0.5, 0.6) is 0 Å². The zero-order valence-electron chi connectivity index (χ0n) is 18.5. The second-order valence-corrected chi connectivity index (χ2v) is 9.24. The predicted molar refractivity (Wildman–Crippen MR) is 122 cm³/mol. The summed E-state index contributed by atoms with van der Waals surface area (Å²) in [6.07, 6.45) is 5.73. The number of alkyl halides is 2. The molecule has 1 N–H and O–H groups in total. The lowest BCUT2D eigenvalue weighted by molar-refractivity contribution is 0.146. The standard InChI is InChI=1S/C25H25F3N4O/c1-14(16-8-5-9-17(21(16)26)23(27)28)29-24-19-13-32(25(2)10-11-25)20(33)12-18(19)22(30-31-24)15-6-3-4-7-15/h5-6,8-9,12-14,23H,3-4,7,10-11H2,1-2H3,(H,29,31)/t14-/m1/s1. The van der Waals surface area contributed by atoms with Gasteiger partial charge < -0.3 is 9.88 Å². The van der Waals surface area contributed by atoms with Gasteiger partial charge in [0, 0.05) is 34.1 Å². The van der Waals surface area contributed by atoms with E-state index in [1.165, 1.54) is 12.1 Å². The van der Waals surface area contributed by atoms with Gasteiger partial charge in [0.2, 0.25) is 0 Å². The molecule has 3 aromatic rings. The van der Waals surface area contributed by atoms with Crippen LogP contribution in [0.3, 0.4) is 0 Å². The summed E-state index contributed by atoms with van der Waals surface area (Å²) in [5.74, 6) is -0.542. The zero-order valence-corrected chi connectivity index (χ0v) is 18.5. The fourth-order valence-electron chi connectivity index (χ4n) is 4.55. The Morgan fingerprint density at radius 2 is 1.91 bits per heavy atom. The monoisotopic (exact) mass is 454 g/mol. The molecule has 2 aromatic heterocycles. The molecule has 0 saturated heterocycles. The summed E-state index contributed by atoms with van der Waals surface area (Å²) < 4.78 is 42.8. The second kappa shape index (κ2) is 8.01. The van der Waals surface area contributed by atoms with Gasteiger partial charge in [0.25, 0.3) is 12.0 Å². The van der Waals surface area contributed by atoms with Gasteiger partial charge in [0.1, 0.15) is 5.82 Å². The van der Waals surface area contributed by atoms with Gasteiger partial charge in [0.15, 0.2) is 5.82 Å². The molecule has 172 valence electrons. The fraction of sp³-hybridized carbons (Fsp3) is 0.400. The van der Waals surface area contributed by atoms with E-state index in [1.54, 1.807) is 23.8 Å². The molecule has 2 aliphatic rings. The number of hydrogen-bond donors (Lipinski definition) is 1. The lowest BCUT2D eigenvalue weighted by atomic mass is 10.0. The van der Waals surface area contributed by atoms with E-state index in [4.69, 9.17) is 0 Å². The quantitative estimate of drug-likeness (QED) is 0.488. The Balaban J connectivity index is 1.62. The van der Waals surface area contributed by atoms with E-state index in [-0.39, 0.29) is 16.7 Å². The van der Waals surface area contributed by atoms with Crippen LogP contribution in [-0.4, -0.2) is 14.8 Å². The van der Waals surface area contributed by atoms with Crippen LogP contribution >= 0.6 is 0 Å². The largest absolute Gasteiger partial charge is 0.361 e. The van der Waals surface area contributed by atoms with Crippen molar-refractivity contribution in [2.75, 3.05) is 5.32 Å². The van der Waals surface area contributed by atoms with E-state index in [1.807, 2.05) is 6.92 Å². The minimum atomic E-state index is -2.90. The van der Waals surface area contributed by atoms with Crippen LogP contribution < -0.4 is 10.9 Å². The first-order chi connectivity index (χ1) is 15.8. The van der Waals surface area contributed by atoms with Gasteiger partial charge in [-0.3, -0.25) is 4.79 Å². The summed E-state index contributed by atoms with van der Waals surface area (Å²) in [6.45, 7) is 3.73. The van der Waals surface area contributed by atoms with Crippen molar-refractivity contribution in [3.8, 4) is 0 Å². The van der Waals surface area contributed by atoms with Crippen molar-refractivity contribution in [3.05, 3.63) is 69.5 Å². The van der Waals surface area contributed by atoms with Crippen molar-refractivity contribution in [1.82, 2.24) is 14.8 Å². The number of halogens is 3. The molecule has 0 aliphatic heterocycles. The van der Waals surface area contributed by atoms with Gasteiger partial charge in [-0.2, -0.15) is 0 Å². The normalized spacial score (nSPS) is 17.9. The Morgan fingerprint density at radius 1 is 1.15 bits per heavy atom. The Bertz CT molecular complexity index is 1330. The highest BCUT2D eigenvalue weighted by Crippen LogP contribution is 2.43. The summed E-state index contributed by atoms with van der Waals surface area (Å²) in [5, 5.41) is 13.4. The molecule has 2 heterocycles. The smallest absolute Gasteiger partial charge is 0.266 e. The highest BCUT2D eigenvalue weighted by atomic mass is 19.3. The minimum Gasteiger partial charge on any atom is -0.361 e. The predicted octanol–water partition coefficient (Wildman–Crippen LogP) is 6.12. The van der Waals surface area contributed by atoms with Gasteiger partial charge in [-0.25, -0.2) is 13.2 Å². The molecule has 1 fully saturated rings. The topological polar surface area (TPSA) is 59.8 Å². The number of anilines is 1. The summed E-state index contributed by atoms with van der Waals surface area (Å²) in [6, 6.07) is 4.95. The van der Waals surface area contributed by atoms with Crippen LogP contribution in [0.1, 0.15) is 75.2 Å². The summed E-state index contributed by atoms with van der Waals surface area (Å²) in [4.78, 5) is 12.9. The number of pyridine rings is 1. The molecule has 0 radical (unpaired) electrons. The molecular formula is C25H25F3N4O. The van der Waals surface area contributed by atoms with Crippen molar-refractivity contribution in [1.29, 1.82) is 0 Å². The highest BCUT2D eigenvalue weighted by molar-refractivity contribution is 5.97. The van der Waals surface area contributed by atoms with Gasteiger partial charge in [-0.15, -0.1) is 10.2 Å². The molecule has 1 atom stereocenters. The minimum absolute atomic E-state index is 0.0926. The molecule has 33 heavy (non-hydrogen) atoms. The molecule has 2 aliphatic carbocycles. The van der Waals surface area contributed by atoms with E-state index < -0.39 is 23.8 Å². The molecule has 5 nitrogen and oxygen atoms in total. The maximum absolute atomic E-state index is 14.7. The zero-order chi connectivity index (χ0) is 23.3. The molecule has 5 rings (SSSR count). The molecule has 1 saturated carbocycles. The van der Waals surface area contributed by atoms with Crippen LogP contribution in [0.2, 0.25) is 0 Å². The van der Waals surface area contributed by atoms with Crippen LogP contribution in [0, 0.1) is 5.82 Å². The van der Waals surface area contributed by atoms with Crippen LogP contribution in [-0.2, 0) is 5.54 Å². The van der Waals surface area contributed by atoms with E-state index in [0.717, 1.165) is 43.7 Å². The lowest BCUT2D eigenvalue weighted by Gasteiger charge is -2.20. The number of benzene rings is 1. The van der Waals surface area contributed by atoms with Crippen molar-refractivity contribution < 1.29 is 13.2 Å². The molecule has 0 spiro atoms. The number of hydrogen-bond acceptors (Lipinski definition) is 4. The number of rotatable bonds is 6. The van der Waals surface area contributed by atoms with Crippen molar-refractivity contribution in [2.45, 2.75) is 64.0 Å². The maximum atomic E-state index is 14.7.